The van der Waals surface area contributed by atoms with E-state index in [0.29, 0.717) is 19.6 Å². The van der Waals surface area contributed by atoms with Crippen molar-refractivity contribution in [1.29, 1.82) is 0 Å². The van der Waals surface area contributed by atoms with Crippen molar-refractivity contribution in [3.05, 3.63) is 23.8 Å². The van der Waals surface area contributed by atoms with E-state index >= 15 is 0 Å². The zero-order valence-electron chi connectivity index (χ0n) is 15.6. The summed E-state index contributed by atoms with van der Waals surface area (Å²) in [4.78, 5) is 16.9. The van der Waals surface area contributed by atoms with Gasteiger partial charge in [-0.25, -0.2) is 0 Å². The number of morpholine rings is 1. The third kappa shape index (κ3) is 4.44. The first-order valence-electron chi connectivity index (χ1n) is 8.93. The van der Waals surface area contributed by atoms with Crippen LogP contribution >= 0.6 is 0 Å². The van der Waals surface area contributed by atoms with Crippen LogP contribution in [0, 0.1) is 0 Å². The molecule has 0 radical (unpaired) electrons. The van der Waals surface area contributed by atoms with Gasteiger partial charge in [0.1, 0.15) is 0 Å². The molecule has 1 fully saturated rings. The Labute approximate surface area is 149 Å². The highest BCUT2D eigenvalue weighted by Crippen LogP contribution is 2.32. The quantitative estimate of drug-likeness (QED) is 0.817. The van der Waals surface area contributed by atoms with Crippen LogP contribution in [0.4, 0.5) is 0 Å². The second-order valence-corrected chi connectivity index (χ2v) is 7.45. The molecule has 0 saturated carbocycles. The predicted octanol–water partition coefficient (Wildman–Crippen LogP) is 2.26. The molecule has 1 amide bonds. The molecule has 0 bridgehead atoms. The lowest BCUT2D eigenvalue weighted by atomic mass is 10.1. The maximum atomic E-state index is 12.8. The van der Waals surface area contributed by atoms with Gasteiger partial charge in [-0.1, -0.05) is 6.07 Å². The van der Waals surface area contributed by atoms with E-state index in [9.17, 15) is 4.79 Å². The number of amides is 1. The molecule has 25 heavy (non-hydrogen) atoms. The van der Waals surface area contributed by atoms with Gasteiger partial charge in [-0.3, -0.25) is 9.69 Å². The molecule has 138 valence electrons. The number of benzene rings is 1. The van der Waals surface area contributed by atoms with Gasteiger partial charge in [-0.15, -0.1) is 0 Å². The molecule has 3 rings (SSSR count). The summed E-state index contributed by atoms with van der Waals surface area (Å²) in [7, 11) is 0. The minimum atomic E-state index is -0.216. The molecular weight excluding hydrogens is 320 g/mol. The molecule has 6 heteroatoms. The maximum Gasteiger partial charge on any atom is 0.237 e. The van der Waals surface area contributed by atoms with Crippen LogP contribution in [0.1, 0.15) is 33.3 Å². The van der Waals surface area contributed by atoms with Crippen LogP contribution in [0.25, 0.3) is 0 Å². The molecule has 2 aliphatic rings. The van der Waals surface area contributed by atoms with Gasteiger partial charge < -0.3 is 19.1 Å². The van der Waals surface area contributed by atoms with E-state index in [-0.39, 0.29) is 24.4 Å². The minimum Gasteiger partial charge on any atom is -0.454 e. The molecule has 1 saturated heterocycles. The van der Waals surface area contributed by atoms with Gasteiger partial charge in [0.05, 0.1) is 18.2 Å². The zero-order chi connectivity index (χ0) is 18.0. The third-order valence-electron chi connectivity index (χ3n) is 4.54. The Balaban J connectivity index is 1.61. The van der Waals surface area contributed by atoms with Crippen LogP contribution in [0.2, 0.25) is 0 Å². The number of carbonyl (C=O) groups excluding carboxylic acids is 1. The number of fused-ring (bicyclic) bond motifs is 1. The largest absolute Gasteiger partial charge is 0.454 e. The lowest BCUT2D eigenvalue weighted by Crippen LogP contribution is -2.54. The Morgan fingerprint density at radius 2 is 2.08 bits per heavy atom. The summed E-state index contributed by atoms with van der Waals surface area (Å²) in [5.74, 6) is 1.66. The normalized spacial score (nSPS) is 22.0. The van der Waals surface area contributed by atoms with Crippen molar-refractivity contribution in [2.24, 2.45) is 0 Å². The Hall–Kier alpha value is -1.79. The SMILES string of the molecule is CCN(Cc1ccc2c(c1)OCO2)C(=O)CN1C[C@@H](C)OC(C)(C)C1. The van der Waals surface area contributed by atoms with E-state index in [1.807, 2.05) is 30.0 Å². The topological polar surface area (TPSA) is 51.2 Å². The van der Waals surface area contributed by atoms with E-state index in [2.05, 4.69) is 25.7 Å². The number of hydrogen-bond acceptors (Lipinski definition) is 5. The molecule has 0 aromatic heterocycles. The molecule has 2 heterocycles. The van der Waals surface area contributed by atoms with Gasteiger partial charge in [0.15, 0.2) is 11.5 Å². The van der Waals surface area contributed by atoms with Gasteiger partial charge in [-0.05, 0) is 45.4 Å². The van der Waals surface area contributed by atoms with Crippen molar-refractivity contribution in [1.82, 2.24) is 9.80 Å². The lowest BCUT2D eigenvalue weighted by molar-refractivity contribution is -0.145. The fraction of sp³-hybridized carbons (Fsp3) is 0.632. The average molecular weight is 348 g/mol. The number of hydrogen-bond donors (Lipinski definition) is 0. The summed E-state index contributed by atoms with van der Waals surface area (Å²) in [6, 6.07) is 5.85. The highest BCUT2D eigenvalue weighted by Gasteiger charge is 2.32. The molecule has 2 aliphatic heterocycles. The van der Waals surface area contributed by atoms with Crippen molar-refractivity contribution in [2.75, 3.05) is 33.0 Å². The molecule has 1 aromatic rings. The second-order valence-electron chi connectivity index (χ2n) is 7.45. The van der Waals surface area contributed by atoms with Crippen molar-refractivity contribution < 1.29 is 19.0 Å². The monoisotopic (exact) mass is 348 g/mol. The molecule has 0 unspecified atom stereocenters. The Morgan fingerprint density at radius 1 is 1.32 bits per heavy atom. The van der Waals surface area contributed by atoms with E-state index in [1.165, 1.54) is 0 Å². The second kappa shape index (κ2) is 7.22. The van der Waals surface area contributed by atoms with Crippen LogP contribution in [-0.2, 0) is 16.1 Å². The fourth-order valence-corrected chi connectivity index (χ4v) is 3.63. The maximum absolute atomic E-state index is 12.8. The summed E-state index contributed by atoms with van der Waals surface area (Å²) in [6.07, 6.45) is 0.139. The van der Waals surface area contributed by atoms with Crippen molar-refractivity contribution >= 4 is 5.91 Å². The molecule has 0 aliphatic carbocycles. The summed E-state index contributed by atoms with van der Waals surface area (Å²) < 4.78 is 16.7. The van der Waals surface area contributed by atoms with Gasteiger partial charge in [0.2, 0.25) is 12.7 Å². The fourth-order valence-electron chi connectivity index (χ4n) is 3.63. The minimum absolute atomic E-state index is 0.139. The molecule has 1 atom stereocenters. The number of likely N-dealkylation sites (N-methyl/N-ethyl adjacent to an activating group) is 1. The zero-order valence-corrected chi connectivity index (χ0v) is 15.6. The smallest absolute Gasteiger partial charge is 0.237 e. The number of rotatable bonds is 5. The van der Waals surface area contributed by atoms with Gasteiger partial charge in [-0.2, -0.15) is 0 Å². The van der Waals surface area contributed by atoms with Crippen molar-refractivity contribution in [3.63, 3.8) is 0 Å². The van der Waals surface area contributed by atoms with Crippen LogP contribution in [0.5, 0.6) is 11.5 Å². The summed E-state index contributed by atoms with van der Waals surface area (Å²) in [5.41, 5.74) is 0.835. The lowest BCUT2D eigenvalue weighted by Gasteiger charge is -2.41. The Bertz CT molecular complexity index is 632. The van der Waals surface area contributed by atoms with E-state index in [4.69, 9.17) is 14.2 Å². The molecule has 6 nitrogen and oxygen atoms in total. The highest BCUT2D eigenvalue weighted by molar-refractivity contribution is 5.78. The van der Waals surface area contributed by atoms with Crippen molar-refractivity contribution in [2.45, 2.75) is 45.9 Å². The van der Waals surface area contributed by atoms with Crippen LogP contribution in [-0.4, -0.2) is 60.4 Å². The van der Waals surface area contributed by atoms with Gasteiger partial charge in [0, 0.05) is 26.2 Å². The molecular formula is C19H28N2O4. The summed E-state index contributed by atoms with van der Waals surface area (Å²) in [5, 5.41) is 0. The van der Waals surface area contributed by atoms with Crippen LogP contribution < -0.4 is 9.47 Å². The number of ether oxygens (including phenoxy) is 3. The average Bonchev–Trinajstić information content (AvgIpc) is 2.97. The molecule has 0 N–H and O–H groups in total. The number of carbonyl (C=O) groups is 1. The first-order chi connectivity index (χ1) is 11.9. The first kappa shape index (κ1) is 18.0. The Morgan fingerprint density at radius 3 is 2.80 bits per heavy atom. The molecule has 1 aromatic carbocycles. The number of nitrogens with zero attached hydrogens (tertiary/aromatic N) is 2. The highest BCUT2D eigenvalue weighted by atomic mass is 16.7. The molecule has 0 spiro atoms. The summed E-state index contributed by atoms with van der Waals surface area (Å²) in [6.45, 7) is 11.7. The predicted molar refractivity (Wildman–Crippen MR) is 94.7 cm³/mol. The van der Waals surface area contributed by atoms with Crippen LogP contribution in [0.3, 0.4) is 0 Å². The summed E-state index contributed by atoms with van der Waals surface area (Å²) >= 11 is 0. The van der Waals surface area contributed by atoms with Crippen molar-refractivity contribution in [3.8, 4) is 11.5 Å². The Kier molecular flexibility index (Phi) is 5.20. The van der Waals surface area contributed by atoms with E-state index in [0.717, 1.165) is 30.2 Å². The van der Waals surface area contributed by atoms with Gasteiger partial charge in [0.25, 0.3) is 0 Å². The third-order valence-corrected chi connectivity index (χ3v) is 4.54. The van der Waals surface area contributed by atoms with Crippen LogP contribution in [0.15, 0.2) is 18.2 Å². The first-order valence-corrected chi connectivity index (χ1v) is 8.93. The standard InChI is InChI=1S/C19H28N2O4/c1-5-21(10-15-6-7-16-17(8-15)24-13-23-16)18(22)11-20-9-14(2)25-19(3,4)12-20/h6-8,14H,5,9-13H2,1-4H3/t14-/m1/s1. The van der Waals surface area contributed by atoms with Gasteiger partial charge >= 0.3 is 0 Å². The van der Waals surface area contributed by atoms with E-state index in [1.54, 1.807) is 0 Å². The van der Waals surface area contributed by atoms with E-state index < -0.39 is 0 Å².